The number of amides is 1. The highest BCUT2D eigenvalue weighted by molar-refractivity contribution is 6.06. The van der Waals surface area contributed by atoms with Crippen LogP contribution in [0.2, 0.25) is 0 Å². The zero-order chi connectivity index (χ0) is 18.4. The van der Waals surface area contributed by atoms with Crippen LogP contribution in [-0.2, 0) is 9.53 Å². The van der Waals surface area contributed by atoms with Crippen LogP contribution in [0.5, 0.6) is 0 Å². The number of carbonyl (C=O) groups excluding carboxylic acids is 2. The molecule has 8 nitrogen and oxygen atoms in total. The molecule has 0 aliphatic carbocycles. The number of nitrogens with one attached hydrogen (secondary N) is 1. The Bertz CT molecular complexity index is 1130. The summed E-state index contributed by atoms with van der Waals surface area (Å²) >= 11 is 0. The Labute approximate surface area is 148 Å². The molecule has 1 unspecified atom stereocenters. The van der Waals surface area contributed by atoms with Crippen molar-refractivity contribution in [1.82, 2.24) is 14.6 Å². The summed E-state index contributed by atoms with van der Waals surface area (Å²) in [6.45, 7) is 1.76. The second kappa shape index (κ2) is 5.67. The van der Waals surface area contributed by atoms with Gasteiger partial charge in [-0.05, 0) is 36.2 Å². The van der Waals surface area contributed by atoms with Crippen molar-refractivity contribution < 1.29 is 14.3 Å². The molecule has 1 N–H and O–H groups in total. The van der Waals surface area contributed by atoms with Gasteiger partial charge in [-0.25, -0.2) is 14.3 Å². The van der Waals surface area contributed by atoms with Crippen molar-refractivity contribution in [1.29, 1.82) is 5.26 Å². The number of rotatable bonds is 2. The van der Waals surface area contributed by atoms with E-state index >= 15 is 0 Å². The van der Waals surface area contributed by atoms with E-state index in [1.807, 2.05) is 0 Å². The SMILES string of the molecule is COC(=O)c1cn2ncnc(C3C(=O)Nc4ccc(C#N)cc43)c2c1C. The average molecular weight is 347 g/mol. The third-order valence-corrected chi connectivity index (χ3v) is 4.55. The third-order valence-electron chi connectivity index (χ3n) is 4.55. The van der Waals surface area contributed by atoms with Crippen molar-refractivity contribution in [2.24, 2.45) is 0 Å². The molecule has 1 aliphatic rings. The van der Waals surface area contributed by atoms with Crippen LogP contribution in [0, 0.1) is 18.3 Å². The topological polar surface area (TPSA) is 109 Å². The zero-order valence-corrected chi connectivity index (χ0v) is 14.0. The van der Waals surface area contributed by atoms with Crippen LogP contribution in [0.15, 0.2) is 30.7 Å². The van der Waals surface area contributed by atoms with Gasteiger partial charge in [-0.15, -0.1) is 0 Å². The molecule has 3 heterocycles. The first kappa shape index (κ1) is 15.8. The van der Waals surface area contributed by atoms with E-state index in [1.54, 1.807) is 31.3 Å². The molecule has 0 spiro atoms. The fraction of sp³-hybridized carbons (Fsp3) is 0.167. The number of hydrogen-bond donors (Lipinski definition) is 1. The van der Waals surface area contributed by atoms with Gasteiger partial charge in [0.2, 0.25) is 5.91 Å². The van der Waals surface area contributed by atoms with Crippen LogP contribution in [0.3, 0.4) is 0 Å². The van der Waals surface area contributed by atoms with Crippen molar-refractivity contribution in [2.75, 3.05) is 12.4 Å². The lowest BCUT2D eigenvalue weighted by Gasteiger charge is -2.11. The van der Waals surface area contributed by atoms with E-state index in [-0.39, 0.29) is 5.91 Å². The van der Waals surface area contributed by atoms with E-state index < -0.39 is 11.9 Å². The Morgan fingerprint density at radius 1 is 1.42 bits per heavy atom. The van der Waals surface area contributed by atoms with Gasteiger partial charge in [0, 0.05) is 11.9 Å². The molecule has 0 saturated heterocycles. The van der Waals surface area contributed by atoms with Crippen LogP contribution in [0.25, 0.3) is 5.52 Å². The van der Waals surface area contributed by atoms with Gasteiger partial charge in [-0.2, -0.15) is 10.4 Å². The fourth-order valence-electron chi connectivity index (χ4n) is 3.32. The zero-order valence-electron chi connectivity index (χ0n) is 14.0. The number of aromatic nitrogens is 3. The van der Waals surface area contributed by atoms with Crippen LogP contribution < -0.4 is 5.32 Å². The van der Waals surface area contributed by atoms with E-state index in [1.165, 1.54) is 18.0 Å². The summed E-state index contributed by atoms with van der Waals surface area (Å²) in [5, 5.41) is 16.1. The third kappa shape index (κ3) is 2.14. The lowest BCUT2D eigenvalue weighted by Crippen LogP contribution is -2.16. The number of methoxy groups -OCH3 is 1. The highest BCUT2D eigenvalue weighted by Gasteiger charge is 2.35. The standard InChI is InChI=1S/C18H13N5O3/c1-9-12(18(25)26-2)7-23-16(9)15(20-8-21-23)14-11-5-10(6-19)3-4-13(11)22-17(14)24/h3-5,7-8,14H,1-2H3,(H,22,24). The Morgan fingerprint density at radius 2 is 2.23 bits per heavy atom. The summed E-state index contributed by atoms with van der Waals surface area (Å²) in [5.74, 6) is -1.42. The molecule has 4 rings (SSSR count). The summed E-state index contributed by atoms with van der Waals surface area (Å²) in [6.07, 6.45) is 2.89. The van der Waals surface area contributed by atoms with Gasteiger partial charge in [0.15, 0.2) is 0 Å². The highest BCUT2D eigenvalue weighted by atomic mass is 16.5. The number of benzene rings is 1. The fourth-order valence-corrected chi connectivity index (χ4v) is 3.32. The van der Waals surface area contributed by atoms with E-state index in [4.69, 9.17) is 10.00 Å². The van der Waals surface area contributed by atoms with Crippen molar-refractivity contribution in [3.05, 3.63) is 58.7 Å². The molecule has 1 atom stereocenters. The number of nitrogens with zero attached hydrogens (tertiary/aromatic N) is 4. The van der Waals surface area contributed by atoms with Gasteiger partial charge in [0.1, 0.15) is 12.2 Å². The number of fused-ring (bicyclic) bond motifs is 2. The molecular weight excluding hydrogens is 334 g/mol. The van der Waals surface area contributed by atoms with Crippen LogP contribution in [0.4, 0.5) is 5.69 Å². The first-order valence-electron chi connectivity index (χ1n) is 7.81. The summed E-state index contributed by atoms with van der Waals surface area (Å²) in [5.41, 5.74) is 3.81. The number of anilines is 1. The maximum absolute atomic E-state index is 12.6. The molecule has 0 fully saturated rings. The van der Waals surface area contributed by atoms with Gasteiger partial charge in [0.25, 0.3) is 0 Å². The smallest absolute Gasteiger partial charge is 0.339 e. The van der Waals surface area contributed by atoms with Gasteiger partial charge >= 0.3 is 5.97 Å². The molecular formula is C18H13N5O3. The van der Waals surface area contributed by atoms with E-state index in [2.05, 4.69) is 21.5 Å². The summed E-state index contributed by atoms with van der Waals surface area (Å²) in [6, 6.07) is 7.11. The predicted octanol–water partition coefficient (Wildman–Crippen LogP) is 1.78. The number of ether oxygens (including phenoxy) is 1. The van der Waals surface area contributed by atoms with Gasteiger partial charge < -0.3 is 10.1 Å². The number of carbonyl (C=O) groups is 2. The molecule has 128 valence electrons. The quantitative estimate of drug-likeness (QED) is 0.708. The maximum atomic E-state index is 12.6. The Balaban J connectivity index is 1.96. The lowest BCUT2D eigenvalue weighted by molar-refractivity contribution is -0.116. The minimum Gasteiger partial charge on any atom is -0.465 e. The minimum atomic E-state index is -0.692. The summed E-state index contributed by atoms with van der Waals surface area (Å²) < 4.78 is 6.32. The monoisotopic (exact) mass is 347 g/mol. The highest BCUT2D eigenvalue weighted by Crippen LogP contribution is 2.39. The molecule has 3 aromatic rings. The molecule has 1 amide bonds. The molecule has 8 heteroatoms. The largest absolute Gasteiger partial charge is 0.465 e. The first-order valence-corrected chi connectivity index (χ1v) is 7.81. The van der Waals surface area contributed by atoms with E-state index in [9.17, 15) is 9.59 Å². The predicted molar refractivity (Wildman–Crippen MR) is 90.7 cm³/mol. The van der Waals surface area contributed by atoms with Gasteiger partial charge in [0.05, 0.1) is 35.5 Å². The second-order valence-corrected chi connectivity index (χ2v) is 5.93. The minimum absolute atomic E-state index is 0.240. The van der Waals surface area contributed by atoms with Gasteiger partial charge in [-0.1, -0.05) is 0 Å². The Hall–Kier alpha value is -3.73. The molecule has 0 saturated carbocycles. The molecule has 2 aromatic heterocycles. The molecule has 0 bridgehead atoms. The number of nitriles is 1. The average Bonchev–Trinajstić information content (AvgIpc) is 3.17. The van der Waals surface area contributed by atoms with Crippen molar-refractivity contribution in [3.8, 4) is 6.07 Å². The molecule has 1 aliphatic heterocycles. The number of aryl methyl sites for hydroxylation is 1. The van der Waals surface area contributed by atoms with Crippen LogP contribution in [0.1, 0.15) is 38.7 Å². The number of esters is 1. The summed E-state index contributed by atoms with van der Waals surface area (Å²) in [4.78, 5) is 28.9. The van der Waals surface area contributed by atoms with Crippen LogP contribution in [-0.4, -0.2) is 33.6 Å². The second-order valence-electron chi connectivity index (χ2n) is 5.93. The maximum Gasteiger partial charge on any atom is 0.339 e. The van der Waals surface area contributed by atoms with E-state index in [0.29, 0.717) is 39.2 Å². The Kier molecular flexibility index (Phi) is 3.44. The van der Waals surface area contributed by atoms with Gasteiger partial charge in [-0.3, -0.25) is 4.79 Å². The van der Waals surface area contributed by atoms with E-state index in [0.717, 1.165) is 0 Å². The number of hydrogen-bond acceptors (Lipinski definition) is 6. The first-order chi connectivity index (χ1) is 12.5. The molecule has 26 heavy (non-hydrogen) atoms. The van der Waals surface area contributed by atoms with Crippen molar-refractivity contribution in [3.63, 3.8) is 0 Å². The molecule has 1 aromatic carbocycles. The Morgan fingerprint density at radius 3 is 2.96 bits per heavy atom. The molecule has 0 radical (unpaired) electrons. The van der Waals surface area contributed by atoms with Crippen molar-refractivity contribution in [2.45, 2.75) is 12.8 Å². The van der Waals surface area contributed by atoms with Crippen LogP contribution >= 0.6 is 0 Å². The van der Waals surface area contributed by atoms with Crippen molar-refractivity contribution >= 4 is 23.1 Å². The summed E-state index contributed by atoms with van der Waals surface area (Å²) in [7, 11) is 1.31. The lowest BCUT2D eigenvalue weighted by atomic mass is 9.94. The normalized spacial score (nSPS) is 15.4.